The fraction of sp³-hybridized carbons (Fsp3) is 0.235. The van der Waals surface area contributed by atoms with Crippen molar-refractivity contribution in [3.63, 3.8) is 0 Å². The van der Waals surface area contributed by atoms with Gasteiger partial charge in [0.1, 0.15) is 11.5 Å². The molecule has 110 valence electrons. The molecule has 4 nitrogen and oxygen atoms in total. The second-order valence-electron chi connectivity index (χ2n) is 4.99. The van der Waals surface area contributed by atoms with Crippen LogP contribution in [0.15, 0.2) is 42.5 Å². The largest absolute Gasteiger partial charge is 0.507 e. The third-order valence-electron chi connectivity index (χ3n) is 3.33. The molecule has 0 bridgehead atoms. The average Bonchev–Trinajstić information content (AvgIpc) is 2.49. The quantitative estimate of drug-likeness (QED) is 0.939. The number of benzene rings is 2. The lowest BCUT2D eigenvalue weighted by Gasteiger charge is -2.19. The van der Waals surface area contributed by atoms with E-state index >= 15 is 0 Å². The Labute approximate surface area is 124 Å². The maximum Gasteiger partial charge on any atom is 0.257 e. The molecule has 0 aliphatic rings. The van der Waals surface area contributed by atoms with Crippen LogP contribution in [0, 0.1) is 6.92 Å². The molecule has 0 spiro atoms. The van der Waals surface area contributed by atoms with Gasteiger partial charge in [-0.15, -0.1) is 0 Å². The van der Waals surface area contributed by atoms with Gasteiger partial charge in [0.05, 0.1) is 12.7 Å². The van der Waals surface area contributed by atoms with Crippen molar-refractivity contribution in [1.29, 1.82) is 0 Å². The lowest BCUT2D eigenvalue weighted by atomic mass is 10.1. The van der Waals surface area contributed by atoms with Crippen LogP contribution >= 0.6 is 0 Å². The molecule has 21 heavy (non-hydrogen) atoms. The smallest absolute Gasteiger partial charge is 0.257 e. The topological polar surface area (TPSA) is 49.8 Å². The molecule has 4 heteroatoms. The molecule has 0 fully saturated rings. The first kappa shape index (κ1) is 14.9. The van der Waals surface area contributed by atoms with Gasteiger partial charge in [-0.1, -0.05) is 29.8 Å². The monoisotopic (exact) mass is 285 g/mol. The highest BCUT2D eigenvalue weighted by atomic mass is 16.5. The van der Waals surface area contributed by atoms with Crippen molar-refractivity contribution in [3.8, 4) is 11.5 Å². The third-order valence-corrected chi connectivity index (χ3v) is 3.33. The van der Waals surface area contributed by atoms with Gasteiger partial charge in [-0.05, 0) is 25.1 Å². The molecule has 0 aliphatic heterocycles. The summed E-state index contributed by atoms with van der Waals surface area (Å²) in [4.78, 5) is 14.0. The number of ether oxygens (including phenoxy) is 1. The Balaban J connectivity index is 2.22. The average molecular weight is 285 g/mol. The van der Waals surface area contributed by atoms with E-state index in [1.807, 2.05) is 31.2 Å². The summed E-state index contributed by atoms with van der Waals surface area (Å²) in [5.41, 5.74) is 2.16. The number of phenols is 1. The van der Waals surface area contributed by atoms with Crippen LogP contribution in [0.4, 0.5) is 0 Å². The SMILES string of the molecule is COc1ccccc1CN(C)C(=O)c1cc(C)ccc1O. The zero-order valence-electron chi connectivity index (χ0n) is 12.5. The molecule has 2 aromatic carbocycles. The van der Waals surface area contributed by atoms with Gasteiger partial charge in [0, 0.05) is 19.2 Å². The molecule has 0 saturated heterocycles. The van der Waals surface area contributed by atoms with E-state index in [0.29, 0.717) is 12.1 Å². The Bertz CT molecular complexity index is 652. The Hall–Kier alpha value is -2.49. The Morgan fingerprint density at radius 3 is 2.67 bits per heavy atom. The van der Waals surface area contributed by atoms with E-state index in [2.05, 4.69) is 0 Å². The van der Waals surface area contributed by atoms with Gasteiger partial charge in [-0.3, -0.25) is 4.79 Å². The molecule has 0 aliphatic carbocycles. The van der Waals surface area contributed by atoms with Crippen molar-refractivity contribution in [2.75, 3.05) is 14.2 Å². The Morgan fingerprint density at radius 1 is 1.24 bits per heavy atom. The number of para-hydroxylation sites is 1. The Morgan fingerprint density at radius 2 is 1.95 bits per heavy atom. The van der Waals surface area contributed by atoms with Crippen molar-refractivity contribution < 1.29 is 14.6 Å². The lowest BCUT2D eigenvalue weighted by Crippen LogP contribution is -2.26. The van der Waals surface area contributed by atoms with Gasteiger partial charge in [-0.2, -0.15) is 0 Å². The number of aryl methyl sites for hydroxylation is 1. The number of aromatic hydroxyl groups is 1. The predicted octanol–water partition coefficient (Wildman–Crippen LogP) is 2.98. The van der Waals surface area contributed by atoms with E-state index in [1.54, 1.807) is 37.3 Å². The number of nitrogens with zero attached hydrogens (tertiary/aromatic N) is 1. The van der Waals surface area contributed by atoms with Gasteiger partial charge in [0.25, 0.3) is 5.91 Å². The molecule has 0 radical (unpaired) electrons. The van der Waals surface area contributed by atoms with Gasteiger partial charge in [0.15, 0.2) is 0 Å². The van der Waals surface area contributed by atoms with Gasteiger partial charge < -0.3 is 14.7 Å². The van der Waals surface area contributed by atoms with Crippen LogP contribution < -0.4 is 4.74 Å². The van der Waals surface area contributed by atoms with Crippen LogP contribution in [-0.2, 0) is 6.54 Å². The molecule has 1 N–H and O–H groups in total. The molecular weight excluding hydrogens is 266 g/mol. The first-order chi connectivity index (χ1) is 10.0. The molecular formula is C17H19NO3. The normalized spacial score (nSPS) is 10.2. The number of methoxy groups -OCH3 is 1. The van der Waals surface area contributed by atoms with Crippen LogP contribution in [0.2, 0.25) is 0 Å². The summed E-state index contributed by atoms with van der Waals surface area (Å²) in [5.74, 6) is 0.519. The number of carbonyl (C=O) groups excluding carboxylic acids is 1. The minimum absolute atomic E-state index is 0.00234. The van der Waals surface area contributed by atoms with Crippen molar-refractivity contribution >= 4 is 5.91 Å². The summed E-state index contributed by atoms with van der Waals surface area (Å²) in [6, 6.07) is 12.6. The van der Waals surface area contributed by atoms with E-state index < -0.39 is 0 Å². The van der Waals surface area contributed by atoms with E-state index in [-0.39, 0.29) is 11.7 Å². The zero-order valence-corrected chi connectivity index (χ0v) is 12.5. The van der Waals surface area contributed by atoms with Gasteiger partial charge >= 0.3 is 0 Å². The second-order valence-corrected chi connectivity index (χ2v) is 4.99. The minimum Gasteiger partial charge on any atom is -0.507 e. The predicted molar refractivity (Wildman–Crippen MR) is 81.6 cm³/mol. The first-order valence-electron chi connectivity index (χ1n) is 6.70. The van der Waals surface area contributed by atoms with Gasteiger partial charge in [0.2, 0.25) is 0 Å². The molecule has 2 rings (SSSR count). The number of carbonyl (C=O) groups is 1. The van der Waals surface area contributed by atoms with Crippen LogP contribution in [0.5, 0.6) is 11.5 Å². The molecule has 1 amide bonds. The summed E-state index contributed by atoms with van der Waals surface area (Å²) in [5, 5.41) is 9.85. The van der Waals surface area contributed by atoms with Crippen molar-refractivity contribution in [2.45, 2.75) is 13.5 Å². The molecule has 0 aromatic heterocycles. The summed E-state index contributed by atoms with van der Waals surface area (Å²) >= 11 is 0. The second kappa shape index (κ2) is 6.31. The number of amides is 1. The first-order valence-corrected chi connectivity index (χ1v) is 6.70. The number of phenolic OH excluding ortho intramolecular Hbond substituents is 1. The molecule has 2 aromatic rings. The van der Waals surface area contributed by atoms with Crippen LogP contribution in [0.3, 0.4) is 0 Å². The molecule has 0 heterocycles. The Kier molecular flexibility index (Phi) is 4.48. The van der Waals surface area contributed by atoms with E-state index in [0.717, 1.165) is 16.9 Å². The fourth-order valence-electron chi connectivity index (χ4n) is 2.19. The lowest BCUT2D eigenvalue weighted by molar-refractivity contribution is 0.0781. The summed E-state index contributed by atoms with van der Waals surface area (Å²) in [6.45, 7) is 2.30. The summed E-state index contributed by atoms with van der Waals surface area (Å²) < 4.78 is 5.29. The van der Waals surface area contributed by atoms with E-state index in [9.17, 15) is 9.90 Å². The standard InChI is InChI=1S/C17H19NO3/c1-12-8-9-15(19)14(10-12)17(20)18(2)11-13-6-4-5-7-16(13)21-3/h4-10,19H,11H2,1-3H3. The van der Waals surface area contributed by atoms with Crippen molar-refractivity contribution in [3.05, 3.63) is 59.2 Å². The highest BCUT2D eigenvalue weighted by Gasteiger charge is 2.17. The van der Waals surface area contributed by atoms with Crippen molar-refractivity contribution in [1.82, 2.24) is 4.90 Å². The molecule has 0 saturated carbocycles. The fourth-order valence-corrected chi connectivity index (χ4v) is 2.19. The maximum absolute atomic E-state index is 12.4. The van der Waals surface area contributed by atoms with E-state index in [1.165, 1.54) is 0 Å². The maximum atomic E-state index is 12.4. The highest BCUT2D eigenvalue weighted by Crippen LogP contribution is 2.23. The van der Waals surface area contributed by atoms with Crippen LogP contribution in [-0.4, -0.2) is 30.1 Å². The minimum atomic E-state index is -0.220. The van der Waals surface area contributed by atoms with E-state index in [4.69, 9.17) is 4.74 Å². The number of hydrogen-bond donors (Lipinski definition) is 1. The number of rotatable bonds is 4. The molecule has 0 atom stereocenters. The van der Waals surface area contributed by atoms with Crippen molar-refractivity contribution in [2.24, 2.45) is 0 Å². The van der Waals surface area contributed by atoms with Crippen LogP contribution in [0.25, 0.3) is 0 Å². The summed E-state index contributed by atoms with van der Waals surface area (Å²) in [7, 11) is 3.31. The third kappa shape index (κ3) is 3.34. The van der Waals surface area contributed by atoms with Gasteiger partial charge in [-0.25, -0.2) is 0 Å². The number of hydrogen-bond acceptors (Lipinski definition) is 3. The molecule has 0 unspecified atom stereocenters. The summed E-state index contributed by atoms with van der Waals surface area (Å²) in [6.07, 6.45) is 0. The zero-order chi connectivity index (χ0) is 15.4. The van der Waals surface area contributed by atoms with Crippen LogP contribution in [0.1, 0.15) is 21.5 Å². The highest BCUT2D eigenvalue weighted by molar-refractivity contribution is 5.96.